The highest BCUT2D eigenvalue weighted by Crippen LogP contribution is 2.24. The molecule has 0 amide bonds. The molecule has 0 aromatic carbocycles. The zero-order valence-corrected chi connectivity index (χ0v) is 9.77. The molecule has 0 saturated carbocycles. The fourth-order valence-corrected chi connectivity index (χ4v) is 1.59. The maximum Gasteiger partial charge on any atom is 0.143 e. The van der Waals surface area contributed by atoms with Crippen molar-refractivity contribution < 1.29 is 0 Å². The van der Waals surface area contributed by atoms with Crippen LogP contribution in [0.15, 0.2) is 16.7 Å². The zero-order valence-electron chi connectivity index (χ0n) is 7.43. The number of pyridine rings is 1. The second kappa shape index (κ2) is 4.94. The van der Waals surface area contributed by atoms with Crippen molar-refractivity contribution in [2.45, 2.75) is 25.8 Å². The minimum absolute atomic E-state index is 0.0612. The number of aromatic nitrogens is 1. The monoisotopic (exact) mass is 262 g/mol. The van der Waals surface area contributed by atoms with E-state index in [0.29, 0.717) is 5.15 Å². The molecule has 1 atom stereocenters. The molecule has 0 fully saturated rings. The number of halogens is 2. The largest absolute Gasteiger partial charge is 0.324 e. The number of nitrogens with zero attached hydrogens (tertiary/aromatic N) is 1. The van der Waals surface area contributed by atoms with E-state index < -0.39 is 0 Å². The van der Waals surface area contributed by atoms with Gasteiger partial charge in [-0.2, -0.15) is 0 Å². The summed E-state index contributed by atoms with van der Waals surface area (Å²) < 4.78 is 0.804. The lowest BCUT2D eigenvalue weighted by Gasteiger charge is -2.10. The van der Waals surface area contributed by atoms with E-state index in [4.69, 9.17) is 17.3 Å². The highest BCUT2D eigenvalue weighted by Gasteiger charge is 2.07. The van der Waals surface area contributed by atoms with Crippen LogP contribution >= 0.6 is 27.5 Å². The van der Waals surface area contributed by atoms with E-state index >= 15 is 0 Å². The van der Waals surface area contributed by atoms with Gasteiger partial charge in [0.25, 0.3) is 0 Å². The van der Waals surface area contributed by atoms with E-state index in [1.807, 2.05) is 6.07 Å². The molecule has 2 N–H and O–H groups in total. The molecule has 0 aliphatic carbocycles. The van der Waals surface area contributed by atoms with Crippen molar-refractivity contribution in [3.05, 3.63) is 27.5 Å². The molecule has 0 bridgehead atoms. The Morgan fingerprint density at radius 1 is 1.69 bits per heavy atom. The Bertz CT molecular complexity index is 291. The Labute approximate surface area is 91.6 Å². The molecule has 0 spiro atoms. The van der Waals surface area contributed by atoms with Crippen molar-refractivity contribution in [1.29, 1.82) is 0 Å². The Morgan fingerprint density at radius 3 is 2.92 bits per heavy atom. The van der Waals surface area contributed by atoms with Gasteiger partial charge in [0.15, 0.2) is 0 Å². The molecule has 0 saturated heterocycles. The number of hydrogen-bond donors (Lipinski definition) is 1. The lowest BCUT2D eigenvalue weighted by Crippen LogP contribution is -2.09. The smallest absolute Gasteiger partial charge is 0.143 e. The third-order valence-electron chi connectivity index (χ3n) is 1.85. The standard InChI is InChI=1S/C9H12BrClN2/c1-2-3-8(12)6-4-7(10)9(11)13-5-6/h4-5,8H,2-3,12H2,1H3/t8-/m1/s1. The SMILES string of the molecule is CCC[C@@H](N)c1cnc(Cl)c(Br)c1. The molecule has 4 heteroatoms. The van der Waals surface area contributed by atoms with Crippen molar-refractivity contribution in [2.24, 2.45) is 5.73 Å². The van der Waals surface area contributed by atoms with Gasteiger partial charge in [-0.1, -0.05) is 24.9 Å². The third kappa shape index (κ3) is 2.93. The maximum atomic E-state index is 5.92. The van der Waals surface area contributed by atoms with Gasteiger partial charge in [0.05, 0.1) is 4.47 Å². The first kappa shape index (κ1) is 11.0. The van der Waals surface area contributed by atoms with E-state index in [2.05, 4.69) is 27.8 Å². The average Bonchev–Trinajstić information content (AvgIpc) is 2.10. The topological polar surface area (TPSA) is 38.9 Å². The lowest BCUT2D eigenvalue weighted by atomic mass is 10.1. The van der Waals surface area contributed by atoms with Crippen LogP contribution in [0.1, 0.15) is 31.4 Å². The Hall–Kier alpha value is -0.120. The van der Waals surface area contributed by atoms with E-state index in [9.17, 15) is 0 Å². The van der Waals surface area contributed by atoms with Gasteiger partial charge in [-0.05, 0) is 34.0 Å². The van der Waals surface area contributed by atoms with Crippen LogP contribution in [0.3, 0.4) is 0 Å². The summed E-state index contributed by atoms with van der Waals surface area (Å²) in [5.74, 6) is 0. The predicted molar refractivity (Wildman–Crippen MR) is 58.8 cm³/mol. The summed E-state index contributed by atoms with van der Waals surface area (Å²) in [6, 6.07) is 1.99. The van der Waals surface area contributed by atoms with Crippen molar-refractivity contribution in [3.8, 4) is 0 Å². The Balaban J connectivity index is 2.84. The molecular weight excluding hydrogens is 251 g/mol. The van der Waals surface area contributed by atoms with Crippen molar-refractivity contribution in [2.75, 3.05) is 0 Å². The molecule has 72 valence electrons. The quantitative estimate of drug-likeness (QED) is 0.850. The summed E-state index contributed by atoms with van der Waals surface area (Å²) in [5, 5.41) is 0.479. The highest BCUT2D eigenvalue weighted by atomic mass is 79.9. The summed E-state index contributed by atoms with van der Waals surface area (Å²) in [7, 11) is 0. The van der Waals surface area contributed by atoms with Gasteiger partial charge in [0, 0.05) is 12.2 Å². The first-order valence-corrected chi connectivity index (χ1v) is 5.38. The Morgan fingerprint density at radius 2 is 2.38 bits per heavy atom. The van der Waals surface area contributed by atoms with Crippen LogP contribution in [-0.4, -0.2) is 4.98 Å². The van der Waals surface area contributed by atoms with Crippen LogP contribution < -0.4 is 5.73 Å². The number of rotatable bonds is 3. The molecular formula is C9H12BrClN2. The van der Waals surface area contributed by atoms with Gasteiger partial charge in [-0.3, -0.25) is 0 Å². The minimum atomic E-state index is 0.0612. The molecule has 0 aliphatic heterocycles. The van der Waals surface area contributed by atoms with Crippen molar-refractivity contribution in [3.63, 3.8) is 0 Å². The van der Waals surface area contributed by atoms with Gasteiger partial charge in [0.2, 0.25) is 0 Å². The highest BCUT2D eigenvalue weighted by molar-refractivity contribution is 9.10. The minimum Gasteiger partial charge on any atom is -0.324 e. The molecule has 0 unspecified atom stereocenters. The normalized spacial score (nSPS) is 12.9. The van der Waals surface area contributed by atoms with Crippen LogP contribution in [0.2, 0.25) is 5.15 Å². The molecule has 1 heterocycles. The molecule has 2 nitrogen and oxygen atoms in total. The summed E-state index contributed by atoms with van der Waals surface area (Å²) >= 11 is 9.08. The van der Waals surface area contributed by atoms with E-state index in [1.54, 1.807) is 6.20 Å². The van der Waals surface area contributed by atoms with Crippen LogP contribution in [0.4, 0.5) is 0 Å². The number of hydrogen-bond acceptors (Lipinski definition) is 2. The first-order valence-electron chi connectivity index (χ1n) is 4.21. The van der Waals surface area contributed by atoms with Crippen LogP contribution in [-0.2, 0) is 0 Å². The summed E-state index contributed by atoms with van der Waals surface area (Å²) in [5.41, 5.74) is 6.95. The van der Waals surface area contributed by atoms with Crippen molar-refractivity contribution in [1.82, 2.24) is 4.98 Å². The fraction of sp³-hybridized carbons (Fsp3) is 0.444. The second-order valence-corrected chi connectivity index (χ2v) is 4.15. The van der Waals surface area contributed by atoms with Gasteiger partial charge in [-0.15, -0.1) is 0 Å². The molecule has 1 rings (SSSR count). The number of nitrogens with two attached hydrogens (primary N) is 1. The van der Waals surface area contributed by atoms with Gasteiger partial charge < -0.3 is 5.73 Å². The van der Waals surface area contributed by atoms with E-state index in [0.717, 1.165) is 22.9 Å². The predicted octanol–water partition coefficient (Wildman–Crippen LogP) is 3.30. The third-order valence-corrected chi connectivity index (χ3v) is 2.98. The van der Waals surface area contributed by atoms with Crippen molar-refractivity contribution >= 4 is 27.5 Å². The summed E-state index contributed by atoms with van der Waals surface area (Å²) in [6.07, 6.45) is 3.77. The van der Waals surface area contributed by atoms with Gasteiger partial charge in [-0.25, -0.2) is 4.98 Å². The Kier molecular flexibility index (Phi) is 4.16. The summed E-state index contributed by atoms with van der Waals surface area (Å²) in [6.45, 7) is 2.11. The lowest BCUT2D eigenvalue weighted by molar-refractivity contribution is 0.636. The van der Waals surface area contributed by atoms with Crippen LogP contribution in [0, 0.1) is 0 Å². The second-order valence-electron chi connectivity index (χ2n) is 2.94. The van der Waals surface area contributed by atoms with E-state index in [-0.39, 0.29) is 6.04 Å². The average molecular weight is 264 g/mol. The maximum absolute atomic E-state index is 5.92. The molecule has 1 aromatic rings. The molecule has 0 aliphatic rings. The first-order chi connectivity index (χ1) is 6.15. The van der Waals surface area contributed by atoms with E-state index in [1.165, 1.54) is 0 Å². The molecule has 13 heavy (non-hydrogen) atoms. The van der Waals surface area contributed by atoms with Gasteiger partial charge in [0.1, 0.15) is 5.15 Å². The molecule has 1 aromatic heterocycles. The zero-order chi connectivity index (χ0) is 9.84. The van der Waals surface area contributed by atoms with Crippen LogP contribution in [0.25, 0.3) is 0 Å². The fourth-order valence-electron chi connectivity index (χ4n) is 1.12. The molecule has 0 radical (unpaired) electrons. The summed E-state index contributed by atoms with van der Waals surface area (Å²) in [4.78, 5) is 4.02. The van der Waals surface area contributed by atoms with Gasteiger partial charge >= 0.3 is 0 Å². The van der Waals surface area contributed by atoms with Crippen LogP contribution in [0.5, 0.6) is 0 Å².